The van der Waals surface area contributed by atoms with Crippen LogP contribution in [0.4, 0.5) is 0 Å². The number of nitrogens with one attached hydrogen (secondary N) is 1. The lowest BCUT2D eigenvalue weighted by Gasteiger charge is -2.03. The maximum absolute atomic E-state index is 12.5. The largest absolute Gasteiger partial charge is 0.497 e. The molecule has 0 unspecified atom stereocenters. The smallest absolute Gasteiger partial charge is 0.209 e. The Morgan fingerprint density at radius 3 is 2.24 bits per heavy atom. The molecule has 0 aliphatic rings. The number of carbonyl (C=O) groups excluding carboxylic acids is 1. The van der Waals surface area contributed by atoms with E-state index >= 15 is 0 Å². The van der Waals surface area contributed by atoms with E-state index < -0.39 is 0 Å². The number of hydrogen-bond donors (Lipinski definition) is 1. The van der Waals surface area contributed by atoms with Crippen molar-refractivity contribution >= 4 is 17.5 Å². The van der Waals surface area contributed by atoms with Crippen LogP contribution in [0, 0.1) is 0 Å². The number of aromatic amines is 1. The van der Waals surface area contributed by atoms with Gasteiger partial charge >= 0.3 is 0 Å². The molecule has 1 aromatic heterocycles. The first-order valence-electron chi connectivity index (χ1n) is 9.11. The molecule has 0 atom stereocenters. The van der Waals surface area contributed by atoms with Gasteiger partial charge in [0.15, 0.2) is 11.6 Å². The first-order chi connectivity index (χ1) is 14.2. The standard InChI is InChI=1S/C23H19N3O2S/c1-28-20-13-11-19(12-14-20)22-24-23(26-25-22)29-15-21(27)18-9-7-17(8-10-18)16-5-3-2-4-6-16/h2-14H,15H2,1H3,(H,24,25,26). The Morgan fingerprint density at radius 2 is 1.55 bits per heavy atom. The van der Waals surface area contributed by atoms with Gasteiger partial charge in [-0.05, 0) is 35.4 Å². The van der Waals surface area contributed by atoms with Crippen molar-refractivity contribution in [2.24, 2.45) is 0 Å². The number of nitrogens with zero attached hydrogens (tertiary/aromatic N) is 2. The third-order valence-electron chi connectivity index (χ3n) is 4.47. The predicted octanol–water partition coefficient (Wildman–Crippen LogP) is 5.12. The molecule has 0 aliphatic carbocycles. The van der Waals surface area contributed by atoms with Crippen molar-refractivity contribution in [1.29, 1.82) is 0 Å². The molecule has 144 valence electrons. The van der Waals surface area contributed by atoms with Crippen molar-refractivity contribution in [3.05, 3.63) is 84.4 Å². The van der Waals surface area contributed by atoms with Crippen LogP contribution in [0.3, 0.4) is 0 Å². The second-order valence-corrected chi connectivity index (χ2v) is 7.29. The van der Waals surface area contributed by atoms with Crippen LogP contribution in [-0.4, -0.2) is 33.8 Å². The van der Waals surface area contributed by atoms with E-state index in [-0.39, 0.29) is 11.5 Å². The van der Waals surface area contributed by atoms with Crippen LogP contribution in [0.5, 0.6) is 5.75 Å². The summed E-state index contributed by atoms with van der Waals surface area (Å²) in [6.07, 6.45) is 0. The molecule has 0 amide bonds. The van der Waals surface area contributed by atoms with E-state index in [0.29, 0.717) is 16.5 Å². The summed E-state index contributed by atoms with van der Waals surface area (Å²) in [5, 5.41) is 7.66. The van der Waals surface area contributed by atoms with Gasteiger partial charge in [-0.25, -0.2) is 4.98 Å². The van der Waals surface area contributed by atoms with E-state index in [1.807, 2.05) is 66.7 Å². The fourth-order valence-electron chi connectivity index (χ4n) is 2.88. The Morgan fingerprint density at radius 1 is 0.897 bits per heavy atom. The lowest BCUT2D eigenvalue weighted by atomic mass is 10.0. The predicted molar refractivity (Wildman–Crippen MR) is 115 cm³/mol. The summed E-state index contributed by atoms with van der Waals surface area (Å²) in [5.41, 5.74) is 3.82. The second-order valence-electron chi connectivity index (χ2n) is 6.35. The molecule has 5 nitrogen and oxygen atoms in total. The van der Waals surface area contributed by atoms with Gasteiger partial charge in [-0.1, -0.05) is 66.4 Å². The van der Waals surface area contributed by atoms with Crippen LogP contribution >= 0.6 is 11.8 Å². The Balaban J connectivity index is 1.38. The van der Waals surface area contributed by atoms with E-state index in [1.54, 1.807) is 7.11 Å². The summed E-state index contributed by atoms with van der Waals surface area (Å²) in [6.45, 7) is 0. The van der Waals surface area contributed by atoms with Crippen molar-refractivity contribution in [2.75, 3.05) is 12.9 Å². The zero-order valence-corrected chi connectivity index (χ0v) is 16.6. The topological polar surface area (TPSA) is 67.9 Å². The van der Waals surface area contributed by atoms with Gasteiger partial charge in [-0.2, -0.15) is 0 Å². The number of H-pyrrole nitrogens is 1. The lowest BCUT2D eigenvalue weighted by Crippen LogP contribution is -2.02. The van der Waals surface area contributed by atoms with E-state index in [9.17, 15) is 4.79 Å². The SMILES string of the molecule is COc1ccc(-c2nc(SCC(=O)c3ccc(-c4ccccc4)cc3)n[nH]2)cc1. The average molecular weight is 401 g/mol. The Bertz CT molecular complexity index is 1090. The highest BCUT2D eigenvalue weighted by molar-refractivity contribution is 7.99. The number of rotatable bonds is 7. The molecule has 1 heterocycles. The monoisotopic (exact) mass is 401 g/mol. The highest BCUT2D eigenvalue weighted by atomic mass is 32.2. The van der Waals surface area contributed by atoms with Crippen molar-refractivity contribution in [1.82, 2.24) is 15.2 Å². The van der Waals surface area contributed by atoms with Crippen LogP contribution < -0.4 is 4.74 Å². The molecule has 0 spiro atoms. The number of Topliss-reactive ketones (excluding diaryl/α,β-unsaturated/α-hetero) is 1. The van der Waals surface area contributed by atoms with Gasteiger partial charge in [-0.3, -0.25) is 9.89 Å². The highest BCUT2D eigenvalue weighted by Crippen LogP contribution is 2.23. The van der Waals surface area contributed by atoms with E-state index in [2.05, 4.69) is 27.3 Å². The Labute approximate surface area is 173 Å². The number of ether oxygens (including phenoxy) is 1. The molecule has 29 heavy (non-hydrogen) atoms. The molecule has 0 bridgehead atoms. The summed E-state index contributed by atoms with van der Waals surface area (Å²) in [6, 6.07) is 25.3. The van der Waals surface area contributed by atoms with Crippen molar-refractivity contribution in [2.45, 2.75) is 5.16 Å². The Hall–Kier alpha value is -3.38. The minimum atomic E-state index is 0.0467. The summed E-state index contributed by atoms with van der Waals surface area (Å²) in [4.78, 5) is 17.0. The van der Waals surface area contributed by atoms with Crippen LogP contribution in [0.15, 0.2) is 84.0 Å². The average Bonchev–Trinajstić information content (AvgIpc) is 3.27. The maximum atomic E-state index is 12.5. The van der Waals surface area contributed by atoms with Gasteiger partial charge in [0.05, 0.1) is 12.9 Å². The normalized spacial score (nSPS) is 10.7. The van der Waals surface area contributed by atoms with Gasteiger partial charge in [0.1, 0.15) is 5.75 Å². The number of thioether (sulfide) groups is 1. The molecule has 0 saturated heterocycles. The van der Waals surface area contributed by atoms with Crippen molar-refractivity contribution < 1.29 is 9.53 Å². The van der Waals surface area contributed by atoms with Gasteiger partial charge in [-0.15, -0.1) is 5.10 Å². The zero-order valence-electron chi connectivity index (χ0n) is 15.8. The molecular weight excluding hydrogens is 382 g/mol. The highest BCUT2D eigenvalue weighted by Gasteiger charge is 2.11. The molecule has 4 rings (SSSR count). The van der Waals surface area contributed by atoms with Crippen LogP contribution in [-0.2, 0) is 0 Å². The van der Waals surface area contributed by atoms with Gasteiger partial charge < -0.3 is 4.74 Å². The number of methoxy groups -OCH3 is 1. The molecule has 0 radical (unpaired) electrons. The molecule has 3 aromatic carbocycles. The lowest BCUT2D eigenvalue weighted by molar-refractivity contribution is 0.102. The summed E-state index contributed by atoms with van der Waals surface area (Å²) < 4.78 is 5.16. The quantitative estimate of drug-likeness (QED) is 0.344. The molecule has 0 fully saturated rings. The van der Waals surface area contributed by atoms with Gasteiger partial charge in [0, 0.05) is 11.1 Å². The van der Waals surface area contributed by atoms with Crippen molar-refractivity contribution in [3.8, 4) is 28.3 Å². The van der Waals surface area contributed by atoms with E-state index in [4.69, 9.17) is 4.74 Å². The number of hydrogen-bond acceptors (Lipinski definition) is 5. The minimum Gasteiger partial charge on any atom is -0.497 e. The molecule has 0 saturated carbocycles. The first-order valence-corrected chi connectivity index (χ1v) is 10.1. The molecule has 4 aromatic rings. The number of benzene rings is 3. The second kappa shape index (κ2) is 8.75. The van der Waals surface area contributed by atoms with Crippen molar-refractivity contribution in [3.63, 3.8) is 0 Å². The minimum absolute atomic E-state index is 0.0467. The maximum Gasteiger partial charge on any atom is 0.209 e. The number of carbonyl (C=O) groups is 1. The first kappa shape index (κ1) is 19.0. The molecule has 0 aliphatic heterocycles. The van der Waals surface area contributed by atoms with E-state index in [0.717, 1.165) is 22.4 Å². The third-order valence-corrected chi connectivity index (χ3v) is 5.32. The number of ketones is 1. The van der Waals surface area contributed by atoms with Crippen LogP contribution in [0.1, 0.15) is 10.4 Å². The van der Waals surface area contributed by atoms with Crippen LogP contribution in [0.2, 0.25) is 0 Å². The summed E-state index contributed by atoms with van der Waals surface area (Å²) in [7, 11) is 1.63. The Kier molecular flexibility index (Phi) is 5.72. The van der Waals surface area contributed by atoms with E-state index in [1.165, 1.54) is 11.8 Å². The molecule has 1 N–H and O–H groups in total. The molecule has 6 heteroatoms. The molecular formula is C23H19N3O2S. The van der Waals surface area contributed by atoms with Gasteiger partial charge in [0.2, 0.25) is 5.16 Å². The summed E-state index contributed by atoms with van der Waals surface area (Å²) in [5.74, 6) is 1.77. The number of aromatic nitrogens is 3. The fraction of sp³-hybridized carbons (Fsp3) is 0.0870. The zero-order chi connectivity index (χ0) is 20.1. The van der Waals surface area contributed by atoms with Gasteiger partial charge in [0.25, 0.3) is 0 Å². The fourth-order valence-corrected chi connectivity index (χ4v) is 3.57. The summed E-state index contributed by atoms with van der Waals surface area (Å²) >= 11 is 1.32. The third kappa shape index (κ3) is 4.55. The van der Waals surface area contributed by atoms with Crippen LogP contribution in [0.25, 0.3) is 22.5 Å².